The van der Waals surface area contributed by atoms with E-state index in [1.165, 1.54) is 16.2 Å². The van der Waals surface area contributed by atoms with E-state index in [0.717, 1.165) is 28.8 Å². The summed E-state index contributed by atoms with van der Waals surface area (Å²) in [5.74, 6) is 0. The predicted molar refractivity (Wildman–Crippen MR) is 102 cm³/mol. The van der Waals surface area contributed by atoms with Gasteiger partial charge in [-0.1, -0.05) is 42.5 Å². The van der Waals surface area contributed by atoms with Gasteiger partial charge in [-0.25, -0.2) is 13.1 Å². The molecule has 0 saturated heterocycles. The van der Waals surface area contributed by atoms with Crippen LogP contribution in [0.5, 0.6) is 0 Å². The third kappa shape index (κ3) is 3.53. The molecular formula is C18H20N2O3S2. The molecule has 1 atom stereocenters. The fraction of sp³-hybridized carbons (Fsp3) is 0.278. The Morgan fingerprint density at radius 2 is 1.84 bits per heavy atom. The molecule has 0 unspecified atom stereocenters. The molecule has 7 heteroatoms. The molecule has 0 amide bonds. The van der Waals surface area contributed by atoms with E-state index in [9.17, 15) is 13.2 Å². The van der Waals surface area contributed by atoms with E-state index in [1.807, 2.05) is 31.2 Å². The molecule has 0 spiro atoms. The number of nitrogens with zero attached hydrogens (tertiary/aromatic N) is 1. The standard InChI is InChI=1S/C18H20N2O3S2/c1-4-13-5-7-14(8-6-13)12(2)19-25(22,23)15-9-10-16-17(11-15)24-18(21)20(16)3/h5-12,19H,4H2,1-3H3/t12-/m1/s1. The first-order valence-electron chi connectivity index (χ1n) is 8.02. The van der Waals surface area contributed by atoms with Gasteiger partial charge < -0.3 is 4.57 Å². The zero-order chi connectivity index (χ0) is 18.2. The number of hydrogen-bond acceptors (Lipinski definition) is 4. The van der Waals surface area contributed by atoms with Crippen molar-refractivity contribution in [3.63, 3.8) is 0 Å². The van der Waals surface area contributed by atoms with Gasteiger partial charge in [-0.3, -0.25) is 4.79 Å². The van der Waals surface area contributed by atoms with Crippen molar-refractivity contribution in [1.82, 2.24) is 9.29 Å². The molecule has 0 aliphatic carbocycles. The molecule has 1 aromatic heterocycles. The number of rotatable bonds is 5. The van der Waals surface area contributed by atoms with Crippen LogP contribution in [0, 0.1) is 0 Å². The number of thiazole rings is 1. The van der Waals surface area contributed by atoms with Crippen molar-refractivity contribution in [3.05, 3.63) is 63.3 Å². The average Bonchev–Trinajstić information content (AvgIpc) is 2.88. The summed E-state index contributed by atoms with van der Waals surface area (Å²) in [6, 6.07) is 12.3. The van der Waals surface area contributed by atoms with Crippen molar-refractivity contribution in [2.45, 2.75) is 31.2 Å². The van der Waals surface area contributed by atoms with Gasteiger partial charge in [0, 0.05) is 13.1 Å². The van der Waals surface area contributed by atoms with Crippen molar-refractivity contribution in [2.75, 3.05) is 0 Å². The quantitative estimate of drug-likeness (QED) is 0.743. The Morgan fingerprint density at radius 1 is 1.16 bits per heavy atom. The number of hydrogen-bond donors (Lipinski definition) is 1. The molecule has 1 N–H and O–H groups in total. The van der Waals surface area contributed by atoms with Gasteiger partial charge in [0.1, 0.15) is 0 Å². The van der Waals surface area contributed by atoms with Crippen molar-refractivity contribution < 1.29 is 8.42 Å². The summed E-state index contributed by atoms with van der Waals surface area (Å²) in [6.07, 6.45) is 0.945. The zero-order valence-corrected chi connectivity index (χ0v) is 15.9. The second-order valence-electron chi connectivity index (χ2n) is 5.99. The highest BCUT2D eigenvalue weighted by atomic mass is 32.2. The van der Waals surface area contributed by atoms with E-state index in [1.54, 1.807) is 19.2 Å². The highest BCUT2D eigenvalue weighted by Crippen LogP contribution is 2.23. The van der Waals surface area contributed by atoms with E-state index in [0.29, 0.717) is 4.70 Å². The van der Waals surface area contributed by atoms with Crippen molar-refractivity contribution in [3.8, 4) is 0 Å². The van der Waals surface area contributed by atoms with Gasteiger partial charge >= 0.3 is 4.87 Å². The molecule has 25 heavy (non-hydrogen) atoms. The smallest absolute Gasteiger partial charge is 0.302 e. The minimum Gasteiger partial charge on any atom is -0.302 e. The van der Waals surface area contributed by atoms with Crippen molar-refractivity contribution in [1.29, 1.82) is 0 Å². The number of nitrogens with one attached hydrogen (secondary N) is 1. The Kier molecular flexibility index (Phi) is 4.81. The van der Waals surface area contributed by atoms with Crippen molar-refractivity contribution in [2.24, 2.45) is 7.05 Å². The molecule has 2 aromatic carbocycles. The average molecular weight is 377 g/mol. The minimum absolute atomic E-state index is 0.109. The van der Waals surface area contributed by atoms with Crippen LogP contribution < -0.4 is 9.60 Å². The molecule has 3 aromatic rings. The summed E-state index contributed by atoms with van der Waals surface area (Å²) in [4.78, 5) is 11.8. The maximum atomic E-state index is 12.7. The molecule has 0 radical (unpaired) electrons. The molecule has 0 aliphatic rings. The van der Waals surface area contributed by atoms with Crippen LogP contribution in [0.1, 0.15) is 31.0 Å². The molecule has 0 fully saturated rings. The molecule has 5 nitrogen and oxygen atoms in total. The van der Waals surface area contributed by atoms with Crippen LogP contribution in [0.2, 0.25) is 0 Å². The van der Waals surface area contributed by atoms with Gasteiger partial charge in [0.05, 0.1) is 15.1 Å². The second-order valence-corrected chi connectivity index (χ2v) is 8.70. The van der Waals surface area contributed by atoms with Crippen LogP contribution in [-0.2, 0) is 23.5 Å². The molecule has 3 rings (SSSR count). The van der Waals surface area contributed by atoms with Crippen LogP contribution in [0.25, 0.3) is 10.2 Å². The second kappa shape index (κ2) is 6.74. The first-order chi connectivity index (χ1) is 11.8. The highest BCUT2D eigenvalue weighted by Gasteiger charge is 2.19. The molecular weight excluding hydrogens is 356 g/mol. The summed E-state index contributed by atoms with van der Waals surface area (Å²) in [6.45, 7) is 3.90. The predicted octanol–water partition coefficient (Wildman–Crippen LogP) is 3.20. The Bertz CT molecular complexity index is 1060. The Balaban J connectivity index is 1.89. The van der Waals surface area contributed by atoms with E-state index < -0.39 is 10.0 Å². The topological polar surface area (TPSA) is 68.2 Å². The van der Waals surface area contributed by atoms with Gasteiger partial charge in [-0.2, -0.15) is 0 Å². The fourth-order valence-electron chi connectivity index (χ4n) is 2.69. The van der Waals surface area contributed by atoms with Crippen LogP contribution >= 0.6 is 11.3 Å². The zero-order valence-electron chi connectivity index (χ0n) is 14.3. The summed E-state index contributed by atoms with van der Waals surface area (Å²) in [7, 11) is -2.00. The number of benzene rings is 2. The normalized spacial score (nSPS) is 13.2. The third-order valence-electron chi connectivity index (χ3n) is 4.29. The van der Waals surface area contributed by atoms with Crippen LogP contribution in [-0.4, -0.2) is 13.0 Å². The summed E-state index contributed by atoms with van der Waals surface area (Å²) in [5.41, 5.74) is 2.85. The Hall–Kier alpha value is -1.96. The minimum atomic E-state index is -3.67. The maximum Gasteiger partial charge on any atom is 0.307 e. The van der Waals surface area contributed by atoms with E-state index in [-0.39, 0.29) is 15.8 Å². The maximum absolute atomic E-state index is 12.7. The van der Waals surface area contributed by atoms with E-state index in [4.69, 9.17) is 0 Å². The number of aryl methyl sites for hydroxylation is 2. The van der Waals surface area contributed by atoms with Gasteiger partial charge in [0.25, 0.3) is 0 Å². The van der Waals surface area contributed by atoms with Gasteiger partial charge in [0.2, 0.25) is 10.0 Å². The van der Waals surface area contributed by atoms with Gasteiger partial charge in [-0.15, -0.1) is 0 Å². The lowest BCUT2D eigenvalue weighted by atomic mass is 10.1. The number of fused-ring (bicyclic) bond motifs is 1. The Morgan fingerprint density at radius 3 is 2.48 bits per heavy atom. The van der Waals surface area contributed by atoms with Crippen LogP contribution in [0.15, 0.2) is 52.2 Å². The first kappa shape index (κ1) is 17.8. The number of sulfonamides is 1. The molecule has 1 heterocycles. The van der Waals surface area contributed by atoms with Gasteiger partial charge in [0.15, 0.2) is 0 Å². The highest BCUT2D eigenvalue weighted by molar-refractivity contribution is 7.89. The Labute approximate surface area is 151 Å². The molecule has 0 aliphatic heterocycles. The SMILES string of the molecule is CCc1ccc([C@@H](C)NS(=O)(=O)c2ccc3c(c2)sc(=O)n3C)cc1. The van der Waals surface area contributed by atoms with Crippen LogP contribution in [0.4, 0.5) is 0 Å². The lowest BCUT2D eigenvalue weighted by Crippen LogP contribution is -2.26. The first-order valence-corrected chi connectivity index (χ1v) is 10.3. The van der Waals surface area contributed by atoms with Crippen molar-refractivity contribution >= 4 is 31.6 Å². The largest absolute Gasteiger partial charge is 0.307 e. The number of aromatic nitrogens is 1. The van der Waals surface area contributed by atoms with Gasteiger partial charge in [-0.05, 0) is 42.7 Å². The molecule has 132 valence electrons. The molecule has 0 saturated carbocycles. The third-order valence-corrected chi connectivity index (χ3v) is 6.83. The molecule has 0 bridgehead atoms. The summed E-state index contributed by atoms with van der Waals surface area (Å²) in [5, 5.41) is 0. The fourth-order valence-corrected chi connectivity index (χ4v) is 4.94. The summed E-state index contributed by atoms with van der Waals surface area (Å²) < 4.78 is 30.2. The van der Waals surface area contributed by atoms with E-state index in [2.05, 4.69) is 11.6 Å². The lowest BCUT2D eigenvalue weighted by Gasteiger charge is -2.15. The lowest BCUT2D eigenvalue weighted by molar-refractivity contribution is 0.567. The van der Waals surface area contributed by atoms with Crippen LogP contribution in [0.3, 0.4) is 0 Å². The monoisotopic (exact) mass is 376 g/mol. The summed E-state index contributed by atoms with van der Waals surface area (Å²) >= 11 is 1.04. The van der Waals surface area contributed by atoms with E-state index >= 15 is 0 Å².